The molecule has 0 radical (unpaired) electrons. The summed E-state index contributed by atoms with van der Waals surface area (Å²) in [7, 11) is 0. The van der Waals surface area contributed by atoms with Crippen molar-refractivity contribution < 1.29 is 14.3 Å². The van der Waals surface area contributed by atoms with Crippen LogP contribution in [0.15, 0.2) is 48.8 Å². The maximum atomic E-state index is 13.2. The number of amides is 1. The lowest BCUT2D eigenvalue weighted by molar-refractivity contribution is -0.154. The highest BCUT2D eigenvalue weighted by molar-refractivity contribution is 5.95. The molecule has 1 aromatic heterocycles. The molecule has 33 heavy (non-hydrogen) atoms. The van der Waals surface area contributed by atoms with E-state index in [0.29, 0.717) is 6.04 Å². The van der Waals surface area contributed by atoms with E-state index in [0.717, 1.165) is 75.0 Å². The summed E-state index contributed by atoms with van der Waals surface area (Å²) in [5, 5.41) is 0. The average Bonchev–Trinajstić information content (AvgIpc) is 3.06. The van der Waals surface area contributed by atoms with Gasteiger partial charge in [-0.2, -0.15) is 0 Å². The SMILES string of the molecule is CC1(C)CC2(CCCN(C3CCN(C(=O)c4cccc(-c5cccnc5)c4)CC3)C2)C(=O)O1. The number of cyclic esters (lactones) is 1. The predicted octanol–water partition coefficient (Wildman–Crippen LogP) is 4.16. The standard InChI is InChI=1S/C27H33N3O3/c1-26(2)18-27(25(32)33-26)11-5-13-30(19-27)23-9-14-29(15-10-23)24(31)21-7-3-6-20(16-21)22-8-4-12-28-17-22/h3-4,6-8,12,16-17,23H,5,9-11,13-15,18-19H2,1-2H3. The summed E-state index contributed by atoms with van der Waals surface area (Å²) >= 11 is 0. The number of ether oxygens (including phenoxy) is 1. The molecular weight excluding hydrogens is 414 g/mol. The molecule has 1 aromatic carbocycles. The van der Waals surface area contributed by atoms with Crippen molar-refractivity contribution in [2.24, 2.45) is 5.41 Å². The van der Waals surface area contributed by atoms with Crippen LogP contribution in [-0.4, -0.2) is 64.5 Å². The highest BCUT2D eigenvalue weighted by atomic mass is 16.6. The van der Waals surface area contributed by atoms with Crippen molar-refractivity contribution in [3.8, 4) is 11.1 Å². The molecule has 0 aliphatic carbocycles. The molecule has 3 saturated heterocycles. The van der Waals surface area contributed by atoms with Gasteiger partial charge in [0.1, 0.15) is 5.60 Å². The van der Waals surface area contributed by atoms with Gasteiger partial charge in [-0.05, 0) is 69.8 Å². The number of esters is 1. The minimum Gasteiger partial charge on any atom is -0.459 e. The summed E-state index contributed by atoms with van der Waals surface area (Å²) in [6.45, 7) is 7.36. The van der Waals surface area contributed by atoms with Crippen molar-refractivity contribution >= 4 is 11.9 Å². The van der Waals surface area contributed by atoms with Crippen molar-refractivity contribution in [1.82, 2.24) is 14.8 Å². The molecule has 0 N–H and O–H groups in total. The normalized spacial score (nSPS) is 25.9. The third-order valence-electron chi connectivity index (χ3n) is 7.55. The zero-order valence-electron chi connectivity index (χ0n) is 19.6. The van der Waals surface area contributed by atoms with Gasteiger partial charge >= 0.3 is 5.97 Å². The number of hydrogen-bond donors (Lipinski definition) is 0. The topological polar surface area (TPSA) is 62.7 Å². The molecule has 5 rings (SSSR count). The Kier molecular flexibility index (Phi) is 5.73. The monoisotopic (exact) mass is 447 g/mol. The smallest absolute Gasteiger partial charge is 0.314 e. The Morgan fingerprint density at radius 2 is 1.88 bits per heavy atom. The van der Waals surface area contributed by atoms with Crippen LogP contribution in [0.4, 0.5) is 0 Å². The van der Waals surface area contributed by atoms with E-state index in [-0.39, 0.29) is 22.9 Å². The van der Waals surface area contributed by atoms with Crippen LogP contribution in [0.5, 0.6) is 0 Å². The lowest BCUT2D eigenvalue weighted by Crippen LogP contribution is -2.53. The van der Waals surface area contributed by atoms with Crippen molar-refractivity contribution in [3.05, 3.63) is 54.4 Å². The van der Waals surface area contributed by atoms with Crippen molar-refractivity contribution in [1.29, 1.82) is 0 Å². The van der Waals surface area contributed by atoms with E-state index >= 15 is 0 Å². The molecule has 6 nitrogen and oxygen atoms in total. The van der Waals surface area contributed by atoms with Crippen LogP contribution in [0, 0.1) is 5.41 Å². The summed E-state index contributed by atoms with van der Waals surface area (Å²) in [5.74, 6) is 0.0775. The first kappa shape index (κ1) is 22.1. The summed E-state index contributed by atoms with van der Waals surface area (Å²) in [6, 6.07) is 12.2. The number of piperidine rings is 2. The molecule has 6 heteroatoms. The van der Waals surface area contributed by atoms with E-state index in [1.165, 1.54) is 0 Å². The van der Waals surface area contributed by atoms with Gasteiger partial charge < -0.3 is 9.64 Å². The summed E-state index contributed by atoms with van der Waals surface area (Å²) < 4.78 is 5.69. The second-order valence-electron chi connectivity index (χ2n) is 10.5. The molecule has 174 valence electrons. The highest BCUT2D eigenvalue weighted by Gasteiger charge is 2.54. The van der Waals surface area contributed by atoms with E-state index in [9.17, 15) is 9.59 Å². The van der Waals surface area contributed by atoms with Crippen LogP contribution in [-0.2, 0) is 9.53 Å². The summed E-state index contributed by atoms with van der Waals surface area (Å²) in [4.78, 5) is 34.6. The maximum Gasteiger partial charge on any atom is 0.314 e. The number of pyridine rings is 1. The van der Waals surface area contributed by atoms with Gasteiger partial charge in [-0.1, -0.05) is 18.2 Å². The number of rotatable bonds is 3. The number of carbonyl (C=O) groups excluding carboxylic acids is 2. The zero-order chi connectivity index (χ0) is 23.1. The van der Waals surface area contributed by atoms with Gasteiger partial charge in [-0.3, -0.25) is 19.5 Å². The van der Waals surface area contributed by atoms with Crippen LogP contribution < -0.4 is 0 Å². The Labute approximate surface area is 195 Å². The fourth-order valence-electron chi connectivity index (χ4n) is 6.05. The second kappa shape index (κ2) is 8.56. The summed E-state index contributed by atoms with van der Waals surface area (Å²) in [5.41, 5.74) is 2.04. The van der Waals surface area contributed by atoms with Crippen LogP contribution in [0.2, 0.25) is 0 Å². The Balaban J connectivity index is 1.22. The Morgan fingerprint density at radius 1 is 1.09 bits per heavy atom. The maximum absolute atomic E-state index is 13.2. The van der Waals surface area contributed by atoms with Crippen molar-refractivity contribution in [2.75, 3.05) is 26.2 Å². The predicted molar refractivity (Wildman–Crippen MR) is 127 cm³/mol. The molecule has 3 aliphatic heterocycles. The molecule has 1 spiro atoms. The molecular formula is C27H33N3O3. The van der Waals surface area contributed by atoms with Gasteiger partial charge in [0.2, 0.25) is 0 Å². The van der Waals surface area contributed by atoms with E-state index < -0.39 is 0 Å². The Bertz CT molecular complexity index is 1030. The molecule has 1 unspecified atom stereocenters. The first-order chi connectivity index (χ1) is 15.9. The van der Waals surface area contributed by atoms with Gasteiger partial charge in [0.05, 0.1) is 5.41 Å². The first-order valence-electron chi connectivity index (χ1n) is 12.1. The molecule has 3 fully saturated rings. The van der Waals surface area contributed by atoms with Crippen LogP contribution in [0.25, 0.3) is 11.1 Å². The van der Waals surface area contributed by atoms with Crippen LogP contribution in [0.1, 0.15) is 56.3 Å². The number of nitrogens with zero attached hydrogens (tertiary/aromatic N) is 3. The molecule has 3 aliphatic rings. The van der Waals surface area contributed by atoms with Gasteiger partial charge in [0, 0.05) is 55.6 Å². The third-order valence-corrected chi connectivity index (χ3v) is 7.55. The van der Waals surface area contributed by atoms with Crippen molar-refractivity contribution in [2.45, 2.75) is 57.6 Å². The van der Waals surface area contributed by atoms with Gasteiger partial charge in [-0.25, -0.2) is 0 Å². The molecule has 4 heterocycles. The number of carbonyl (C=O) groups is 2. The minimum atomic E-state index is -0.361. The Hall–Kier alpha value is -2.73. The molecule has 1 amide bonds. The van der Waals surface area contributed by atoms with E-state index in [2.05, 4.69) is 9.88 Å². The average molecular weight is 448 g/mol. The second-order valence-corrected chi connectivity index (χ2v) is 10.5. The quantitative estimate of drug-likeness (QED) is 0.661. The number of benzene rings is 1. The molecule has 0 saturated carbocycles. The lowest BCUT2D eigenvalue weighted by Gasteiger charge is -2.44. The van der Waals surface area contributed by atoms with Crippen LogP contribution >= 0.6 is 0 Å². The zero-order valence-corrected chi connectivity index (χ0v) is 19.6. The fraction of sp³-hybridized carbons (Fsp3) is 0.519. The van der Waals surface area contributed by atoms with Gasteiger partial charge in [0.25, 0.3) is 5.91 Å². The highest BCUT2D eigenvalue weighted by Crippen LogP contribution is 2.46. The number of aromatic nitrogens is 1. The van der Waals surface area contributed by atoms with E-state index in [1.54, 1.807) is 6.20 Å². The van der Waals surface area contributed by atoms with E-state index in [1.807, 2.05) is 61.3 Å². The first-order valence-corrected chi connectivity index (χ1v) is 12.1. The summed E-state index contributed by atoms with van der Waals surface area (Å²) in [6.07, 6.45) is 8.23. The van der Waals surface area contributed by atoms with Crippen molar-refractivity contribution in [3.63, 3.8) is 0 Å². The number of hydrogen-bond acceptors (Lipinski definition) is 5. The van der Waals surface area contributed by atoms with E-state index in [4.69, 9.17) is 4.74 Å². The number of likely N-dealkylation sites (tertiary alicyclic amines) is 2. The molecule has 1 atom stereocenters. The van der Waals surface area contributed by atoms with Gasteiger partial charge in [0.15, 0.2) is 0 Å². The Morgan fingerprint density at radius 3 is 2.58 bits per heavy atom. The largest absolute Gasteiger partial charge is 0.459 e. The fourth-order valence-corrected chi connectivity index (χ4v) is 6.05. The molecule has 0 bridgehead atoms. The molecule has 2 aromatic rings. The minimum absolute atomic E-state index is 0.0155. The lowest BCUT2D eigenvalue weighted by atomic mass is 9.74. The third kappa shape index (κ3) is 4.41. The van der Waals surface area contributed by atoms with Crippen LogP contribution in [0.3, 0.4) is 0 Å². The van der Waals surface area contributed by atoms with Gasteiger partial charge in [-0.15, -0.1) is 0 Å².